The monoisotopic (exact) mass is 411 g/mol. The summed E-state index contributed by atoms with van der Waals surface area (Å²) in [6.07, 6.45) is 3.58. The normalized spacial score (nSPS) is 17.6. The Balaban J connectivity index is 1.57. The first-order valence-corrected chi connectivity index (χ1v) is 11.4. The number of aliphatic hydroxyl groups excluding tert-OH is 1. The van der Waals surface area contributed by atoms with E-state index in [-0.39, 0.29) is 5.56 Å². The fourth-order valence-corrected chi connectivity index (χ4v) is 5.66. The summed E-state index contributed by atoms with van der Waals surface area (Å²) in [5.41, 5.74) is 2.11. The summed E-state index contributed by atoms with van der Waals surface area (Å²) in [5.74, 6) is 1.36. The number of aromatic nitrogens is 2. The third-order valence-electron chi connectivity index (χ3n) is 5.74. The lowest BCUT2D eigenvalue weighted by molar-refractivity contribution is 0.107. The standard InChI is InChI=1S/C23H29N3O2S/c1-3-11-26(13-18(27)16-7-5-4-6-8-16)14-20-24-22(28)21-17-10-9-15(2)12-19(17)29-23(21)25-20/h4-8,15,18,27H,3,9-14H2,1-2H3,(H,24,25,28)/t15-,18+/m1/s1. The van der Waals surface area contributed by atoms with Crippen molar-refractivity contribution < 1.29 is 5.11 Å². The Morgan fingerprint density at radius 3 is 2.90 bits per heavy atom. The van der Waals surface area contributed by atoms with Gasteiger partial charge in [0.15, 0.2) is 0 Å². The van der Waals surface area contributed by atoms with Crippen LogP contribution in [0.2, 0.25) is 0 Å². The lowest BCUT2D eigenvalue weighted by atomic mass is 9.89. The van der Waals surface area contributed by atoms with E-state index in [9.17, 15) is 9.90 Å². The van der Waals surface area contributed by atoms with E-state index in [0.717, 1.165) is 48.0 Å². The molecule has 0 saturated heterocycles. The number of aromatic amines is 1. The molecule has 29 heavy (non-hydrogen) atoms. The number of aliphatic hydroxyl groups is 1. The molecule has 0 amide bonds. The summed E-state index contributed by atoms with van der Waals surface area (Å²) < 4.78 is 0. The van der Waals surface area contributed by atoms with Gasteiger partial charge in [0.05, 0.1) is 18.0 Å². The van der Waals surface area contributed by atoms with Crippen LogP contribution in [0.15, 0.2) is 35.1 Å². The molecule has 0 aliphatic heterocycles. The van der Waals surface area contributed by atoms with E-state index in [4.69, 9.17) is 4.98 Å². The van der Waals surface area contributed by atoms with Gasteiger partial charge >= 0.3 is 0 Å². The van der Waals surface area contributed by atoms with Crippen molar-refractivity contribution in [2.45, 2.75) is 52.2 Å². The average molecular weight is 412 g/mol. The summed E-state index contributed by atoms with van der Waals surface area (Å²) in [4.78, 5) is 25.0. The van der Waals surface area contributed by atoms with Crippen LogP contribution in [0.4, 0.5) is 0 Å². The molecule has 0 unspecified atom stereocenters. The van der Waals surface area contributed by atoms with Gasteiger partial charge < -0.3 is 10.1 Å². The van der Waals surface area contributed by atoms with E-state index in [1.165, 1.54) is 10.4 Å². The highest BCUT2D eigenvalue weighted by Crippen LogP contribution is 2.35. The minimum atomic E-state index is -0.561. The van der Waals surface area contributed by atoms with E-state index < -0.39 is 6.10 Å². The first kappa shape index (κ1) is 20.3. The first-order valence-electron chi connectivity index (χ1n) is 10.5. The molecule has 0 spiro atoms. The van der Waals surface area contributed by atoms with Crippen LogP contribution in [-0.4, -0.2) is 33.1 Å². The maximum atomic E-state index is 12.8. The number of hydrogen-bond donors (Lipinski definition) is 2. The summed E-state index contributed by atoms with van der Waals surface area (Å²) in [5, 5.41) is 11.4. The Morgan fingerprint density at radius 2 is 2.14 bits per heavy atom. The maximum absolute atomic E-state index is 12.8. The molecular weight excluding hydrogens is 382 g/mol. The molecule has 154 valence electrons. The minimum absolute atomic E-state index is 0.0166. The van der Waals surface area contributed by atoms with Crippen LogP contribution in [0.3, 0.4) is 0 Å². The number of rotatable bonds is 7. The number of nitrogens with one attached hydrogen (secondary N) is 1. The Kier molecular flexibility index (Phi) is 6.13. The number of benzene rings is 1. The SMILES string of the molecule is CCCN(Cc1nc2sc3c(c2c(=O)[nH]1)CC[C@@H](C)C3)C[C@H](O)c1ccccc1. The smallest absolute Gasteiger partial charge is 0.259 e. The van der Waals surface area contributed by atoms with Crippen LogP contribution in [0.5, 0.6) is 0 Å². The molecule has 0 bridgehead atoms. The molecule has 3 aromatic rings. The van der Waals surface area contributed by atoms with Crippen LogP contribution < -0.4 is 5.56 Å². The Morgan fingerprint density at radius 1 is 1.34 bits per heavy atom. The van der Waals surface area contributed by atoms with Crippen LogP contribution in [0.1, 0.15) is 54.6 Å². The zero-order valence-corrected chi connectivity index (χ0v) is 18.0. The van der Waals surface area contributed by atoms with Crippen molar-refractivity contribution in [1.29, 1.82) is 0 Å². The Bertz CT molecular complexity index is 1030. The minimum Gasteiger partial charge on any atom is -0.387 e. The lowest BCUT2D eigenvalue weighted by Gasteiger charge is -2.24. The summed E-state index contributed by atoms with van der Waals surface area (Å²) in [6, 6.07) is 9.71. The molecule has 0 fully saturated rings. The molecule has 1 aromatic carbocycles. The van der Waals surface area contributed by atoms with Gasteiger partial charge in [0, 0.05) is 11.4 Å². The van der Waals surface area contributed by atoms with Crippen LogP contribution in [0, 0.1) is 5.92 Å². The van der Waals surface area contributed by atoms with Crippen molar-refractivity contribution in [3.8, 4) is 0 Å². The van der Waals surface area contributed by atoms with E-state index >= 15 is 0 Å². The topological polar surface area (TPSA) is 69.2 Å². The van der Waals surface area contributed by atoms with Crippen LogP contribution >= 0.6 is 11.3 Å². The molecule has 2 atom stereocenters. The van der Waals surface area contributed by atoms with Crippen molar-refractivity contribution in [1.82, 2.24) is 14.9 Å². The zero-order valence-electron chi connectivity index (χ0n) is 17.1. The molecule has 6 heteroatoms. The first-order chi connectivity index (χ1) is 14.0. The Hall–Kier alpha value is -2.02. The molecule has 2 aromatic heterocycles. The Labute approximate surface area is 175 Å². The van der Waals surface area contributed by atoms with Gasteiger partial charge in [-0.2, -0.15) is 0 Å². The highest BCUT2D eigenvalue weighted by molar-refractivity contribution is 7.18. The third-order valence-corrected chi connectivity index (χ3v) is 6.89. The van der Waals surface area contributed by atoms with Crippen molar-refractivity contribution in [3.63, 3.8) is 0 Å². The third kappa shape index (κ3) is 4.44. The summed E-state index contributed by atoms with van der Waals surface area (Å²) in [6.45, 7) is 6.27. The maximum Gasteiger partial charge on any atom is 0.259 e. The molecule has 1 aliphatic rings. The number of H-pyrrole nitrogens is 1. The number of aryl methyl sites for hydroxylation is 1. The molecule has 4 rings (SSSR count). The van der Waals surface area contributed by atoms with Gasteiger partial charge in [0.2, 0.25) is 0 Å². The highest BCUT2D eigenvalue weighted by atomic mass is 32.1. The molecular formula is C23H29N3O2S. The average Bonchev–Trinajstić information content (AvgIpc) is 3.06. The van der Waals surface area contributed by atoms with Crippen molar-refractivity contribution in [2.75, 3.05) is 13.1 Å². The lowest BCUT2D eigenvalue weighted by Crippen LogP contribution is -2.30. The van der Waals surface area contributed by atoms with Crippen molar-refractivity contribution >= 4 is 21.6 Å². The fourth-order valence-electron chi connectivity index (χ4n) is 4.26. The second-order valence-corrected chi connectivity index (χ2v) is 9.29. The molecule has 0 saturated carbocycles. The van der Waals surface area contributed by atoms with E-state index in [1.807, 2.05) is 30.3 Å². The van der Waals surface area contributed by atoms with Gasteiger partial charge in [0.1, 0.15) is 10.7 Å². The van der Waals surface area contributed by atoms with Crippen molar-refractivity contribution in [3.05, 3.63) is 62.5 Å². The zero-order chi connectivity index (χ0) is 20.4. The van der Waals surface area contributed by atoms with Crippen molar-refractivity contribution in [2.24, 2.45) is 5.92 Å². The van der Waals surface area contributed by atoms with Crippen LogP contribution in [0.25, 0.3) is 10.2 Å². The van der Waals surface area contributed by atoms with Gasteiger partial charge in [-0.1, -0.05) is 44.2 Å². The predicted octanol–water partition coefficient (Wildman–Crippen LogP) is 4.06. The fraction of sp³-hybridized carbons (Fsp3) is 0.478. The van der Waals surface area contributed by atoms with Gasteiger partial charge in [-0.05, 0) is 49.3 Å². The number of thiophene rings is 1. The van der Waals surface area contributed by atoms with Gasteiger partial charge in [-0.3, -0.25) is 9.69 Å². The summed E-state index contributed by atoms with van der Waals surface area (Å²) in [7, 11) is 0. The molecule has 1 aliphatic carbocycles. The molecule has 2 heterocycles. The van der Waals surface area contributed by atoms with E-state index in [0.29, 0.717) is 24.8 Å². The second kappa shape index (κ2) is 8.78. The molecule has 2 N–H and O–H groups in total. The van der Waals surface area contributed by atoms with E-state index in [2.05, 4.69) is 23.7 Å². The highest BCUT2D eigenvalue weighted by Gasteiger charge is 2.23. The van der Waals surface area contributed by atoms with E-state index in [1.54, 1.807) is 11.3 Å². The second-order valence-electron chi connectivity index (χ2n) is 8.21. The predicted molar refractivity (Wildman–Crippen MR) is 118 cm³/mol. The van der Waals surface area contributed by atoms with Gasteiger partial charge in [-0.15, -0.1) is 11.3 Å². The number of fused-ring (bicyclic) bond motifs is 3. The van der Waals surface area contributed by atoms with Crippen LogP contribution in [-0.2, 0) is 19.4 Å². The number of nitrogens with zero attached hydrogens (tertiary/aromatic N) is 2. The van der Waals surface area contributed by atoms with Gasteiger partial charge in [0.25, 0.3) is 5.56 Å². The molecule has 5 nitrogen and oxygen atoms in total. The summed E-state index contributed by atoms with van der Waals surface area (Å²) >= 11 is 1.68. The largest absolute Gasteiger partial charge is 0.387 e. The quantitative estimate of drug-likeness (QED) is 0.615. The molecule has 0 radical (unpaired) electrons. The van der Waals surface area contributed by atoms with Gasteiger partial charge in [-0.25, -0.2) is 4.98 Å². The number of hydrogen-bond acceptors (Lipinski definition) is 5.